The molecule has 0 bridgehead atoms. The van der Waals surface area contributed by atoms with E-state index in [9.17, 15) is 5.11 Å². The molecule has 14 heavy (non-hydrogen) atoms. The van der Waals surface area contributed by atoms with Gasteiger partial charge in [-0.2, -0.15) is 5.10 Å². The molecule has 0 saturated heterocycles. The Morgan fingerprint density at radius 3 is 2.93 bits per heavy atom. The molecule has 0 amide bonds. The number of rotatable bonds is 2. The van der Waals surface area contributed by atoms with E-state index in [4.69, 9.17) is 4.74 Å². The molecule has 0 fully saturated rings. The summed E-state index contributed by atoms with van der Waals surface area (Å²) in [6.45, 7) is 2.58. The van der Waals surface area contributed by atoms with Gasteiger partial charge < -0.3 is 9.84 Å². The van der Waals surface area contributed by atoms with Gasteiger partial charge in [-0.15, -0.1) is 0 Å². The number of nitrogens with zero attached hydrogens (tertiary/aromatic N) is 2. The number of ether oxygens (including phenoxy) is 1. The summed E-state index contributed by atoms with van der Waals surface area (Å²) < 4.78 is 6.80. The Bertz CT molecular complexity index is 368. The minimum atomic E-state index is -0.580. The van der Waals surface area contributed by atoms with Gasteiger partial charge in [0.25, 0.3) is 0 Å². The molecule has 1 atom stereocenters. The van der Waals surface area contributed by atoms with E-state index >= 15 is 0 Å². The largest absolute Gasteiger partial charge is 0.501 e. The molecule has 0 spiro atoms. The van der Waals surface area contributed by atoms with Gasteiger partial charge >= 0.3 is 0 Å². The van der Waals surface area contributed by atoms with Crippen molar-refractivity contribution in [3.8, 4) is 0 Å². The Labute approximate surface area is 82.8 Å². The SMILES string of the molecule is Cc1cc(C(O)C2=COCC2)n(C)n1. The maximum atomic E-state index is 10.0. The lowest BCUT2D eigenvalue weighted by molar-refractivity contribution is 0.203. The van der Waals surface area contributed by atoms with Crippen LogP contribution < -0.4 is 0 Å². The van der Waals surface area contributed by atoms with Crippen molar-refractivity contribution in [3.05, 3.63) is 29.3 Å². The summed E-state index contributed by atoms with van der Waals surface area (Å²) in [5.74, 6) is 0. The number of hydrogen-bond acceptors (Lipinski definition) is 3. The highest BCUT2D eigenvalue weighted by molar-refractivity contribution is 5.22. The minimum Gasteiger partial charge on any atom is -0.501 e. The van der Waals surface area contributed by atoms with Crippen LogP contribution in [0.5, 0.6) is 0 Å². The molecule has 1 aromatic rings. The van der Waals surface area contributed by atoms with Gasteiger partial charge in [0, 0.05) is 19.0 Å². The topological polar surface area (TPSA) is 47.3 Å². The predicted molar refractivity (Wildman–Crippen MR) is 51.6 cm³/mol. The first-order valence-corrected chi connectivity index (χ1v) is 4.67. The number of aromatic nitrogens is 2. The van der Waals surface area contributed by atoms with Crippen LogP contribution in [0.4, 0.5) is 0 Å². The molecule has 1 aliphatic rings. The number of hydrogen-bond donors (Lipinski definition) is 1. The van der Waals surface area contributed by atoms with E-state index in [1.807, 2.05) is 20.0 Å². The van der Waals surface area contributed by atoms with Crippen molar-refractivity contribution in [2.45, 2.75) is 19.4 Å². The zero-order chi connectivity index (χ0) is 10.1. The molecule has 1 aromatic heterocycles. The molecular weight excluding hydrogens is 180 g/mol. The van der Waals surface area contributed by atoms with Crippen LogP contribution in [-0.4, -0.2) is 21.5 Å². The van der Waals surface area contributed by atoms with Crippen molar-refractivity contribution in [2.24, 2.45) is 7.05 Å². The van der Waals surface area contributed by atoms with E-state index in [-0.39, 0.29) is 0 Å². The summed E-state index contributed by atoms with van der Waals surface area (Å²) in [6.07, 6.45) is 1.86. The van der Waals surface area contributed by atoms with Crippen LogP contribution in [0.25, 0.3) is 0 Å². The lowest BCUT2D eigenvalue weighted by atomic mass is 10.1. The molecule has 1 unspecified atom stereocenters. The van der Waals surface area contributed by atoms with Crippen LogP contribution in [0.2, 0.25) is 0 Å². The zero-order valence-electron chi connectivity index (χ0n) is 8.40. The molecule has 4 heteroatoms. The van der Waals surface area contributed by atoms with Gasteiger partial charge in [-0.1, -0.05) is 0 Å². The highest BCUT2D eigenvalue weighted by atomic mass is 16.5. The van der Waals surface area contributed by atoms with Gasteiger partial charge in [0.15, 0.2) is 0 Å². The van der Waals surface area contributed by atoms with E-state index in [1.165, 1.54) is 0 Å². The van der Waals surface area contributed by atoms with Crippen LogP contribution in [0.3, 0.4) is 0 Å². The summed E-state index contributed by atoms with van der Waals surface area (Å²) >= 11 is 0. The maximum Gasteiger partial charge on any atom is 0.120 e. The number of aryl methyl sites for hydroxylation is 2. The van der Waals surface area contributed by atoms with E-state index in [2.05, 4.69) is 5.10 Å². The molecule has 4 nitrogen and oxygen atoms in total. The van der Waals surface area contributed by atoms with Gasteiger partial charge in [-0.05, 0) is 13.0 Å². The zero-order valence-corrected chi connectivity index (χ0v) is 8.40. The van der Waals surface area contributed by atoms with Crippen molar-refractivity contribution in [2.75, 3.05) is 6.61 Å². The van der Waals surface area contributed by atoms with E-state index < -0.39 is 6.10 Å². The Morgan fingerprint density at radius 2 is 2.43 bits per heavy atom. The maximum absolute atomic E-state index is 10.0. The molecule has 2 heterocycles. The molecule has 0 saturated carbocycles. The fraction of sp³-hybridized carbons (Fsp3) is 0.500. The average Bonchev–Trinajstić information content (AvgIpc) is 2.73. The average molecular weight is 194 g/mol. The van der Waals surface area contributed by atoms with Crippen molar-refractivity contribution in [1.82, 2.24) is 9.78 Å². The van der Waals surface area contributed by atoms with E-state index in [0.29, 0.717) is 6.61 Å². The summed E-state index contributed by atoms with van der Waals surface area (Å²) in [6, 6.07) is 1.89. The first-order chi connectivity index (χ1) is 6.68. The third kappa shape index (κ3) is 1.53. The molecule has 0 aromatic carbocycles. The quantitative estimate of drug-likeness (QED) is 0.766. The third-order valence-electron chi connectivity index (χ3n) is 2.41. The van der Waals surface area contributed by atoms with Gasteiger partial charge in [-0.3, -0.25) is 4.68 Å². The molecular formula is C10H14N2O2. The fourth-order valence-corrected chi connectivity index (χ4v) is 1.68. The fourth-order valence-electron chi connectivity index (χ4n) is 1.68. The van der Waals surface area contributed by atoms with E-state index in [0.717, 1.165) is 23.4 Å². The Kier molecular flexibility index (Phi) is 2.29. The third-order valence-corrected chi connectivity index (χ3v) is 2.41. The highest BCUT2D eigenvalue weighted by Crippen LogP contribution is 2.27. The molecule has 76 valence electrons. The van der Waals surface area contributed by atoms with Gasteiger partial charge in [0.2, 0.25) is 0 Å². The standard InChI is InChI=1S/C10H14N2O2/c1-7-5-9(12(2)11-7)10(13)8-3-4-14-6-8/h5-6,10,13H,3-4H2,1-2H3. The summed E-state index contributed by atoms with van der Waals surface area (Å²) in [5, 5.41) is 14.2. The van der Waals surface area contributed by atoms with Crippen molar-refractivity contribution in [1.29, 1.82) is 0 Å². The Morgan fingerprint density at radius 1 is 1.64 bits per heavy atom. The summed E-state index contributed by atoms with van der Waals surface area (Å²) in [7, 11) is 1.84. The first kappa shape index (κ1) is 9.27. The Balaban J connectivity index is 2.25. The summed E-state index contributed by atoms with van der Waals surface area (Å²) in [4.78, 5) is 0. The molecule has 1 N–H and O–H groups in total. The van der Waals surface area contributed by atoms with Crippen LogP contribution in [0.15, 0.2) is 17.9 Å². The lowest BCUT2D eigenvalue weighted by Crippen LogP contribution is -2.06. The normalized spacial score (nSPS) is 17.8. The minimum absolute atomic E-state index is 0.580. The van der Waals surface area contributed by atoms with Crippen molar-refractivity contribution < 1.29 is 9.84 Å². The number of aliphatic hydroxyl groups excluding tert-OH is 1. The molecule has 0 aliphatic carbocycles. The van der Waals surface area contributed by atoms with Gasteiger partial charge in [0.1, 0.15) is 6.10 Å². The second-order valence-electron chi connectivity index (χ2n) is 3.55. The van der Waals surface area contributed by atoms with Gasteiger partial charge in [0.05, 0.1) is 24.3 Å². The van der Waals surface area contributed by atoms with Crippen molar-refractivity contribution in [3.63, 3.8) is 0 Å². The number of aliphatic hydroxyl groups is 1. The van der Waals surface area contributed by atoms with Gasteiger partial charge in [-0.25, -0.2) is 0 Å². The van der Waals surface area contributed by atoms with Crippen LogP contribution in [0.1, 0.15) is 23.9 Å². The highest BCUT2D eigenvalue weighted by Gasteiger charge is 2.20. The first-order valence-electron chi connectivity index (χ1n) is 4.67. The monoisotopic (exact) mass is 194 g/mol. The molecule has 1 aliphatic heterocycles. The lowest BCUT2D eigenvalue weighted by Gasteiger charge is -2.10. The van der Waals surface area contributed by atoms with Crippen LogP contribution in [-0.2, 0) is 11.8 Å². The van der Waals surface area contributed by atoms with Crippen LogP contribution >= 0.6 is 0 Å². The second-order valence-corrected chi connectivity index (χ2v) is 3.55. The van der Waals surface area contributed by atoms with Crippen LogP contribution in [0, 0.1) is 6.92 Å². The smallest absolute Gasteiger partial charge is 0.120 e. The molecule has 0 radical (unpaired) electrons. The van der Waals surface area contributed by atoms with Crippen molar-refractivity contribution >= 4 is 0 Å². The Hall–Kier alpha value is -1.29. The predicted octanol–water partition coefficient (Wildman–Crippen LogP) is 1.07. The molecule has 2 rings (SSSR count). The second kappa shape index (κ2) is 3.46. The van der Waals surface area contributed by atoms with E-state index in [1.54, 1.807) is 10.9 Å². The summed E-state index contributed by atoms with van der Waals surface area (Å²) in [5.41, 5.74) is 2.66.